The lowest BCUT2D eigenvalue weighted by molar-refractivity contribution is 0.155. The Kier molecular flexibility index (Phi) is 9.22. The van der Waals surface area contributed by atoms with E-state index < -0.39 is 0 Å². The van der Waals surface area contributed by atoms with E-state index in [2.05, 4.69) is 86.3 Å². The van der Waals surface area contributed by atoms with Crippen molar-refractivity contribution in [2.24, 2.45) is 10.8 Å². The zero-order valence-corrected chi connectivity index (χ0v) is 21.9. The van der Waals surface area contributed by atoms with Gasteiger partial charge in [0.05, 0.1) is 13.2 Å². The van der Waals surface area contributed by atoms with Gasteiger partial charge in [0.2, 0.25) is 0 Å². The Labute approximate surface area is 191 Å². The van der Waals surface area contributed by atoms with Crippen molar-refractivity contribution in [1.29, 1.82) is 0 Å². The van der Waals surface area contributed by atoms with E-state index >= 15 is 0 Å². The first-order valence-electron chi connectivity index (χ1n) is 11.7. The Morgan fingerprint density at radius 2 is 1.03 bits per heavy atom. The maximum atomic E-state index is 11.5. The van der Waals surface area contributed by atoms with Crippen LogP contribution in [-0.2, 0) is 17.4 Å². The molecule has 0 aliphatic rings. The van der Waals surface area contributed by atoms with Crippen LogP contribution in [0.2, 0.25) is 0 Å². The van der Waals surface area contributed by atoms with Crippen LogP contribution in [0.4, 0.5) is 0 Å². The second-order valence-electron chi connectivity index (χ2n) is 13.0. The summed E-state index contributed by atoms with van der Waals surface area (Å²) in [5.74, 6) is 0.420. The van der Waals surface area contributed by atoms with Crippen molar-refractivity contribution in [2.75, 3.05) is 26.3 Å². The van der Waals surface area contributed by atoms with Gasteiger partial charge in [-0.05, 0) is 40.1 Å². The number of hydrogen-bond acceptors (Lipinski definition) is 4. The van der Waals surface area contributed by atoms with Crippen molar-refractivity contribution >= 4 is 0 Å². The summed E-state index contributed by atoms with van der Waals surface area (Å²) in [4.78, 5) is 2.06. The van der Waals surface area contributed by atoms with Gasteiger partial charge in [-0.3, -0.25) is 4.90 Å². The number of nitrogens with zero attached hydrogens (tertiary/aromatic N) is 1. The molecule has 0 atom stereocenters. The Balaban J connectivity index is 3.62. The minimum absolute atomic E-state index is 0.0584. The molecule has 0 saturated carbocycles. The van der Waals surface area contributed by atoms with Gasteiger partial charge in [0.25, 0.3) is 0 Å². The zero-order chi connectivity index (χ0) is 24.3. The molecule has 0 aliphatic carbocycles. The number of rotatable bonds is 10. The topological polar surface area (TPSA) is 63.9 Å². The average Bonchev–Trinajstić information content (AvgIpc) is 2.52. The molecule has 0 saturated heterocycles. The maximum Gasteiger partial charge on any atom is 0.123 e. The van der Waals surface area contributed by atoms with Crippen molar-refractivity contribution in [3.05, 3.63) is 28.8 Å². The van der Waals surface area contributed by atoms with E-state index in [0.717, 1.165) is 29.5 Å². The Morgan fingerprint density at radius 1 is 0.677 bits per heavy atom. The van der Waals surface area contributed by atoms with E-state index in [1.165, 1.54) is 0 Å². The van der Waals surface area contributed by atoms with Crippen LogP contribution in [0.25, 0.3) is 0 Å². The highest BCUT2D eigenvalue weighted by molar-refractivity contribution is 5.50. The van der Waals surface area contributed by atoms with Crippen molar-refractivity contribution in [3.63, 3.8) is 0 Å². The fourth-order valence-corrected chi connectivity index (χ4v) is 5.47. The monoisotopic (exact) mass is 435 g/mol. The van der Waals surface area contributed by atoms with Crippen LogP contribution in [0.1, 0.15) is 98.8 Å². The van der Waals surface area contributed by atoms with Crippen LogP contribution in [-0.4, -0.2) is 46.5 Å². The maximum absolute atomic E-state index is 11.5. The normalized spacial score (nSPS) is 13.8. The average molecular weight is 436 g/mol. The second kappa shape index (κ2) is 10.2. The molecular formula is C27H49NO3. The number of aromatic hydroxyl groups is 1. The van der Waals surface area contributed by atoms with E-state index in [4.69, 9.17) is 0 Å². The highest BCUT2D eigenvalue weighted by atomic mass is 16.3. The van der Waals surface area contributed by atoms with Gasteiger partial charge < -0.3 is 15.3 Å². The van der Waals surface area contributed by atoms with E-state index in [1.807, 2.05) is 0 Å². The van der Waals surface area contributed by atoms with E-state index in [1.54, 1.807) is 0 Å². The van der Waals surface area contributed by atoms with Gasteiger partial charge in [0.1, 0.15) is 5.75 Å². The molecule has 0 heterocycles. The smallest absolute Gasteiger partial charge is 0.123 e. The van der Waals surface area contributed by atoms with Gasteiger partial charge in [-0.1, -0.05) is 81.4 Å². The van der Waals surface area contributed by atoms with Gasteiger partial charge in [0, 0.05) is 30.8 Å². The summed E-state index contributed by atoms with van der Waals surface area (Å²) in [6.45, 7) is 24.1. The fraction of sp³-hybridized carbons (Fsp3) is 0.778. The number of aliphatic hydroxyl groups excluding tert-OH is 2. The molecule has 0 amide bonds. The van der Waals surface area contributed by atoms with Crippen LogP contribution in [0, 0.1) is 10.8 Å². The van der Waals surface area contributed by atoms with Crippen molar-refractivity contribution < 1.29 is 15.3 Å². The highest BCUT2D eigenvalue weighted by Gasteiger charge is 2.35. The van der Waals surface area contributed by atoms with Crippen LogP contribution < -0.4 is 0 Å². The van der Waals surface area contributed by atoms with Gasteiger partial charge in [0.15, 0.2) is 0 Å². The van der Waals surface area contributed by atoms with Crippen LogP contribution >= 0.6 is 0 Å². The summed E-state index contributed by atoms with van der Waals surface area (Å²) in [5.41, 5.74) is 2.98. The third-order valence-electron chi connectivity index (χ3n) is 5.81. The number of benzene rings is 1. The molecule has 4 heteroatoms. The van der Waals surface area contributed by atoms with Gasteiger partial charge >= 0.3 is 0 Å². The Hall–Kier alpha value is -1.10. The van der Waals surface area contributed by atoms with Crippen LogP contribution in [0.5, 0.6) is 5.75 Å². The molecule has 31 heavy (non-hydrogen) atoms. The van der Waals surface area contributed by atoms with Gasteiger partial charge in [-0.2, -0.15) is 0 Å². The third-order valence-corrected chi connectivity index (χ3v) is 5.81. The summed E-state index contributed by atoms with van der Waals surface area (Å²) >= 11 is 0. The van der Waals surface area contributed by atoms with Crippen molar-refractivity contribution in [3.8, 4) is 5.75 Å². The third kappa shape index (κ3) is 8.75. The largest absolute Gasteiger partial charge is 0.507 e. The molecule has 4 nitrogen and oxygen atoms in total. The van der Waals surface area contributed by atoms with Crippen molar-refractivity contribution in [1.82, 2.24) is 4.90 Å². The zero-order valence-electron chi connectivity index (χ0n) is 21.9. The Bertz CT molecular complexity index is 653. The second-order valence-corrected chi connectivity index (χ2v) is 13.0. The summed E-state index contributed by atoms with van der Waals surface area (Å²) < 4.78 is 0. The van der Waals surface area contributed by atoms with Gasteiger partial charge in [-0.15, -0.1) is 0 Å². The summed E-state index contributed by atoms with van der Waals surface area (Å²) in [6, 6.07) is 4.28. The highest BCUT2D eigenvalue weighted by Crippen LogP contribution is 2.47. The van der Waals surface area contributed by atoms with Gasteiger partial charge in [-0.25, -0.2) is 0 Å². The molecule has 1 aromatic carbocycles. The summed E-state index contributed by atoms with van der Waals surface area (Å²) in [6.07, 6.45) is 1.90. The first kappa shape index (κ1) is 27.9. The van der Waals surface area contributed by atoms with Crippen LogP contribution in [0.15, 0.2) is 12.1 Å². The molecule has 1 aromatic rings. The van der Waals surface area contributed by atoms with Crippen molar-refractivity contribution in [2.45, 2.75) is 99.5 Å². The number of aliphatic hydroxyl groups is 2. The lowest BCUT2D eigenvalue weighted by atomic mass is 9.68. The molecule has 180 valence electrons. The summed E-state index contributed by atoms with van der Waals surface area (Å²) in [5, 5.41) is 30.4. The molecule has 0 spiro atoms. The van der Waals surface area contributed by atoms with E-state index in [0.29, 0.717) is 25.4 Å². The molecule has 0 bridgehead atoms. The molecular weight excluding hydrogens is 386 g/mol. The predicted molar refractivity (Wildman–Crippen MR) is 132 cm³/mol. The standard InChI is InChI=1S/C27H49NO3/c1-24(2,3)18-26(7,8)21-15-20(17-28(11-13-29)12-14-30)16-22(23(21)31)27(9,10)19-25(4,5)6/h15-16,29-31H,11-14,17-19H2,1-10H3. The first-order valence-corrected chi connectivity index (χ1v) is 11.7. The SMILES string of the molecule is CC(C)(C)CC(C)(C)c1cc(CN(CCO)CCO)cc(C(C)(C)CC(C)(C)C)c1O. The minimum Gasteiger partial charge on any atom is -0.507 e. The molecule has 0 radical (unpaired) electrons. The number of hydrogen-bond donors (Lipinski definition) is 3. The lowest BCUT2D eigenvalue weighted by Crippen LogP contribution is -2.31. The quantitative estimate of drug-likeness (QED) is 0.447. The number of phenols is 1. The molecule has 0 fully saturated rings. The lowest BCUT2D eigenvalue weighted by Gasteiger charge is -2.38. The molecule has 3 N–H and O–H groups in total. The summed E-state index contributed by atoms with van der Waals surface area (Å²) in [7, 11) is 0. The molecule has 0 aliphatic heterocycles. The molecule has 0 unspecified atom stereocenters. The predicted octanol–water partition coefficient (Wildman–Crippen LogP) is 5.61. The Morgan fingerprint density at radius 3 is 1.32 bits per heavy atom. The number of phenolic OH excluding ortho intramolecular Hbond substituents is 1. The minimum atomic E-state index is -0.191. The van der Waals surface area contributed by atoms with Crippen LogP contribution in [0.3, 0.4) is 0 Å². The first-order chi connectivity index (χ1) is 13.9. The molecule has 1 rings (SSSR count). The fourth-order valence-electron chi connectivity index (χ4n) is 5.47. The molecule has 0 aromatic heterocycles. The van der Waals surface area contributed by atoms with E-state index in [-0.39, 0.29) is 34.9 Å². The van der Waals surface area contributed by atoms with E-state index in [9.17, 15) is 15.3 Å².